The average molecular weight is 602 g/mol. The predicted molar refractivity (Wildman–Crippen MR) is 134 cm³/mol. The van der Waals surface area contributed by atoms with Gasteiger partial charge in [-0.25, -0.2) is 4.68 Å². The largest absolute Gasteiger partial charge is 0.393 e. The highest BCUT2D eigenvalue weighted by atomic mass is 35.5. The molecule has 37 heavy (non-hydrogen) atoms. The van der Waals surface area contributed by atoms with Gasteiger partial charge in [0.2, 0.25) is 5.28 Å². The molecule has 0 saturated carbocycles. The molecule has 2 aliphatic heterocycles. The molecule has 0 aliphatic carbocycles. The molecule has 0 spiro atoms. The maximum absolute atomic E-state index is 12.0. The van der Waals surface area contributed by atoms with Gasteiger partial charge in [0.1, 0.15) is 23.6 Å². The van der Waals surface area contributed by atoms with Crippen molar-refractivity contribution >= 4 is 51.7 Å². The first kappa shape index (κ1) is 29.0. The molecule has 2 aliphatic rings. The van der Waals surface area contributed by atoms with Crippen LogP contribution in [0.1, 0.15) is 6.23 Å². The lowest BCUT2D eigenvalue weighted by molar-refractivity contribution is -0.117. The van der Waals surface area contributed by atoms with Gasteiger partial charge in [0.05, 0.1) is 32.9 Å². The first-order valence-corrected chi connectivity index (χ1v) is 18.7. The zero-order chi connectivity index (χ0) is 27.4. The number of rotatable bonds is 8. The molecule has 0 amide bonds. The summed E-state index contributed by atoms with van der Waals surface area (Å²) in [5, 5.41) is 36.3. The Bertz CT molecular complexity index is 1250. The highest BCUT2D eigenvalue weighted by molar-refractivity contribution is 7.70. The van der Waals surface area contributed by atoms with Crippen molar-refractivity contribution in [3.63, 3.8) is 0 Å². The van der Waals surface area contributed by atoms with Gasteiger partial charge in [-0.2, -0.15) is 15.1 Å². The fraction of sp³-hybridized carbons (Fsp3) is 0.722. The second-order valence-electron chi connectivity index (χ2n) is 10.1. The Kier molecular flexibility index (Phi) is 7.99. The number of aromatic nitrogens is 4. The molecule has 208 valence electrons. The lowest BCUT2D eigenvalue weighted by atomic mass is 9.93. The summed E-state index contributed by atoms with van der Waals surface area (Å²) < 4.78 is 34.7. The van der Waals surface area contributed by atoms with Crippen molar-refractivity contribution in [1.82, 2.24) is 19.7 Å². The SMILES string of the molecule is C[Si]1(C)CCN(c2nc(Cl)nc3c2cnn3[C@@H]2O[C@H](COP(=O)(O)CP(=O)(O)O)[C@](O)(CO)[C@H]2O)CC1. The van der Waals surface area contributed by atoms with E-state index in [0.717, 1.165) is 29.9 Å². The van der Waals surface area contributed by atoms with Gasteiger partial charge in [-0.3, -0.25) is 9.13 Å². The first-order valence-electron chi connectivity index (χ1n) is 11.4. The van der Waals surface area contributed by atoms with E-state index in [9.17, 15) is 29.3 Å². The molecule has 1 unspecified atom stereocenters. The summed E-state index contributed by atoms with van der Waals surface area (Å²) in [5.41, 5.74) is -2.18. The van der Waals surface area contributed by atoms with Crippen LogP contribution in [0.25, 0.3) is 11.0 Å². The Morgan fingerprint density at radius 1 is 1.24 bits per heavy atom. The maximum Gasteiger partial charge on any atom is 0.340 e. The minimum atomic E-state index is -4.89. The molecular formula is C18H30ClN5O10P2Si. The summed E-state index contributed by atoms with van der Waals surface area (Å²) in [6.45, 7) is 4.33. The van der Waals surface area contributed by atoms with E-state index in [-0.39, 0.29) is 10.9 Å². The number of fused-ring (bicyclic) bond motifs is 1. The van der Waals surface area contributed by atoms with Gasteiger partial charge in [-0.15, -0.1) is 0 Å². The summed E-state index contributed by atoms with van der Waals surface area (Å²) in [6, 6.07) is 2.13. The van der Waals surface area contributed by atoms with Crippen molar-refractivity contribution in [2.75, 3.05) is 37.1 Å². The number of nitrogens with zero attached hydrogens (tertiary/aromatic N) is 5. The fourth-order valence-corrected chi connectivity index (χ4v) is 9.18. The highest BCUT2D eigenvalue weighted by Gasteiger charge is 2.57. The number of anilines is 1. The van der Waals surface area contributed by atoms with Crippen molar-refractivity contribution in [3.05, 3.63) is 11.5 Å². The van der Waals surface area contributed by atoms with Gasteiger partial charge >= 0.3 is 15.2 Å². The van der Waals surface area contributed by atoms with Crippen molar-refractivity contribution in [1.29, 1.82) is 0 Å². The Labute approximate surface area is 217 Å². The standard InChI is InChI=1S/C18H30ClN5O10P2Si/c1-37(2)5-3-23(4-6-37)14-11-7-20-24(15(11)22-17(19)21-14)16-13(26)18(27,9-25)12(34-16)8-33-36(31,32)10-35(28,29)30/h7,12-13,16,25-27H,3-6,8-10H2,1-2H3,(H,31,32)(H2,28,29,30)/t12-,13+,16-,18-/m1/s1. The van der Waals surface area contributed by atoms with Crippen LogP contribution in [0, 0.1) is 0 Å². The van der Waals surface area contributed by atoms with Crippen LogP contribution in [0.15, 0.2) is 6.20 Å². The van der Waals surface area contributed by atoms with E-state index in [2.05, 4.69) is 33.1 Å². The maximum atomic E-state index is 12.0. The van der Waals surface area contributed by atoms with Crippen molar-refractivity contribution in [3.8, 4) is 0 Å². The van der Waals surface area contributed by atoms with Crippen LogP contribution in [0.3, 0.4) is 0 Å². The van der Waals surface area contributed by atoms with Crippen molar-refractivity contribution in [2.45, 2.75) is 49.2 Å². The summed E-state index contributed by atoms with van der Waals surface area (Å²) in [5.74, 6) is -0.886. The number of hydrogen-bond acceptors (Lipinski definition) is 11. The summed E-state index contributed by atoms with van der Waals surface area (Å²) >= 11 is 6.22. The highest BCUT2D eigenvalue weighted by Crippen LogP contribution is 2.56. The van der Waals surface area contributed by atoms with Crippen LogP contribution >= 0.6 is 26.8 Å². The van der Waals surface area contributed by atoms with Gasteiger partial charge in [-0.1, -0.05) is 13.1 Å². The molecule has 5 atom stereocenters. The zero-order valence-corrected chi connectivity index (χ0v) is 23.6. The van der Waals surface area contributed by atoms with E-state index in [1.807, 2.05) is 0 Å². The Morgan fingerprint density at radius 2 is 1.89 bits per heavy atom. The van der Waals surface area contributed by atoms with E-state index >= 15 is 0 Å². The van der Waals surface area contributed by atoms with E-state index in [1.54, 1.807) is 0 Å². The molecule has 4 rings (SSSR count). The van der Waals surface area contributed by atoms with E-state index in [4.69, 9.17) is 30.6 Å². The number of halogens is 1. The normalized spacial score (nSPS) is 30.1. The van der Waals surface area contributed by atoms with Gasteiger partial charge in [-0.05, 0) is 23.7 Å². The third-order valence-electron chi connectivity index (χ3n) is 6.75. The minimum Gasteiger partial charge on any atom is -0.393 e. The predicted octanol–water partition coefficient (Wildman–Crippen LogP) is 0.327. The minimum absolute atomic E-state index is 0.0743. The van der Waals surface area contributed by atoms with Crippen LogP contribution in [-0.4, -0.2) is 108 Å². The lowest BCUT2D eigenvalue weighted by Gasteiger charge is -2.36. The van der Waals surface area contributed by atoms with E-state index in [0.29, 0.717) is 11.2 Å². The van der Waals surface area contributed by atoms with Gasteiger partial charge < -0.3 is 44.2 Å². The van der Waals surface area contributed by atoms with Gasteiger partial charge in [0.15, 0.2) is 17.8 Å². The second kappa shape index (κ2) is 10.2. The number of aliphatic hydroxyl groups is 3. The molecule has 0 bridgehead atoms. The fourth-order valence-electron chi connectivity index (χ4n) is 4.46. The number of ether oxygens (including phenoxy) is 1. The first-order chi connectivity index (χ1) is 17.1. The van der Waals surface area contributed by atoms with Crippen LogP contribution < -0.4 is 4.90 Å². The Balaban J connectivity index is 1.62. The molecule has 19 heteroatoms. The Morgan fingerprint density at radius 3 is 2.49 bits per heavy atom. The molecule has 2 saturated heterocycles. The van der Waals surface area contributed by atoms with Crippen LogP contribution in [-0.2, 0) is 18.4 Å². The Hall–Kier alpha value is -1.00. The van der Waals surface area contributed by atoms with Crippen LogP contribution in [0.4, 0.5) is 5.82 Å². The molecule has 0 radical (unpaired) electrons. The molecule has 6 N–H and O–H groups in total. The van der Waals surface area contributed by atoms with Gasteiger partial charge in [0, 0.05) is 13.1 Å². The third kappa shape index (κ3) is 6.11. The second-order valence-corrected chi connectivity index (χ2v) is 19.8. The van der Waals surface area contributed by atoms with Gasteiger partial charge in [0.25, 0.3) is 0 Å². The molecule has 0 aromatic carbocycles. The summed E-state index contributed by atoms with van der Waals surface area (Å²) in [6.07, 6.45) is -3.32. The number of hydrogen-bond donors (Lipinski definition) is 6. The average Bonchev–Trinajstić information content (AvgIpc) is 3.29. The van der Waals surface area contributed by atoms with Crippen LogP contribution in [0.5, 0.6) is 0 Å². The third-order valence-corrected chi connectivity index (χ3v) is 13.5. The quantitative estimate of drug-likeness (QED) is 0.136. The lowest BCUT2D eigenvalue weighted by Crippen LogP contribution is -2.52. The van der Waals surface area contributed by atoms with E-state index < -0.39 is 66.4 Å². The molecular weight excluding hydrogens is 572 g/mol. The van der Waals surface area contributed by atoms with E-state index in [1.165, 1.54) is 6.20 Å². The smallest absolute Gasteiger partial charge is 0.340 e. The molecule has 15 nitrogen and oxygen atoms in total. The molecule has 2 aromatic heterocycles. The summed E-state index contributed by atoms with van der Waals surface area (Å²) in [7, 11) is -11.0. The van der Waals surface area contributed by atoms with Crippen LogP contribution in [0.2, 0.25) is 30.5 Å². The molecule has 4 heterocycles. The van der Waals surface area contributed by atoms with Crippen molar-refractivity contribution in [2.24, 2.45) is 0 Å². The topological polar surface area (TPSA) is 221 Å². The summed E-state index contributed by atoms with van der Waals surface area (Å²) in [4.78, 5) is 38.4. The zero-order valence-electron chi connectivity index (χ0n) is 20.1. The monoisotopic (exact) mass is 601 g/mol. The molecule has 2 fully saturated rings. The number of aliphatic hydroxyl groups excluding tert-OH is 2. The van der Waals surface area contributed by atoms with Crippen molar-refractivity contribution < 1.29 is 48.4 Å². The molecule has 2 aromatic rings.